The summed E-state index contributed by atoms with van der Waals surface area (Å²) in [6.07, 6.45) is 6.87. The molecule has 0 spiro atoms. The fourth-order valence-corrected chi connectivity index (χ4v) is 1.86. The van der Waals surface area contributed by atoms with E-state index in [0.717, 1.165) is 10.6 Å². The minimum atomic E-state index is 0.477. The zero-order valence-electron chi connectivity index (χ0n) is 7.27. The first-order valence-corrected chi connectivity index (χ1v) is 4.82. The molecule has 0 saturated heterocycles. The van der Waals surface area contributed by atoms with Crippen LogP contribution in [0.3, 0.4) is 0 Å². The van der Waals surface area contributed by atoms with Crippen molar-refractivity contribution in [2.45, 2.75) is 0 Å². The first kappa shape index (κ1) is 8.73. The van der Waals surface area contributed by atoms with Crippen LogP contribution in [0.1, 0.15) is 5.69 Å². The maximum absolute atomic E-state index is 5.71. The number of aromatic nitrogens is 2. The lowest BCUT2D eigenvalue weighted by atomic mass is 10.3. The van der Waals surface area contributed by atoms with Gasteiger partial charge in [0.15, 0.2) is 0 Å². The van der Waals surface area contributed by atoms with Crippen molar-refractivity contribution in [3.8, 4) is 22.9 Å². The quantitative estimate of drug-likeness (QED) is 0.715. The Hall–Kier alpha value is -1.86. The molecule has 2 aromatic rings. The molecule has 2 rings (SSSR count). The van der Waals surface area contributed by atoms with Gasteiger partial charge in [0.2, 0.25) is 0 Å². The lowest BCUT2D eigenvalue weighted by Gasteiger charge is -1.98. The second-order valence-electron chi connectivity index (χ2n) is 2.62. The monoisotopic (exact) mass is 201 g/mol. The Balaban J connectivity index is 2.51. The molecule has 0 fully saturated rings. The number of anilines is 1. The number of terminal acetylenes is 1. The van der Waals surface area contributed by atoms with E-state index in [0.29, 0.717) is 11.5 Å². The summed E-state index contributed by atoms with van der Waals surface area (Å²) in [7, 11) is 0. The van der Waals surface area contributed by atoms with E-state index in [4.69, 9.17) is 12.2 Å². The number of nitrogen functional groups attached to an aromatic ring is 1. The Morgan fingerprint density at radius 2 is 2.36 bits per heavy atom. The molecule has 0 amide bonds. The van der Waals surface area contributed by atoms with Gasteiger partial charge in [-0.25, -0.2) is 9.97 Å². The second-order valence-corrected chi connectivity index (χ2v) is 3.48. The Kier molecular flexibility index (Phi) is 2.17. The molecule has 0 aliphatic heterocycles. The molecule has 4 heteroatoms. The highest BCUT2D eigenvalue weighted by Crippen LogP contribution is 2.26. The number of nitrogens with zero attached hydrogens (tertiary/aromatic N) is 2. The second kappa shape index (κ2) is 3.48. The molecule has 3 nitrogen and oxygen atoms in total. The van der Waals surface area contributed by atoms with E-state index in [2.05, 4.69) is 15.9 Å². The van der Waals surface area contributed by atoms with E-state index in [1.54, 1.807) is 6.20 Å². The number of rotatable bonds is 1. The fraction of sp³-hybridized carbons (Fsp3) is 0. The first-order chi connectivity index (χ1) is 6.81. The maximum Gasteiger partial charge on any atom is 0.133 e. The van der Waals surface area contributed by atoms with E-state index in [1.807, 2.05) is 17.5 Å². The third-order valence-electron chi connectivity index (χ3n) is 1.72. The van der Waals surface area contributed by atoms with E-state index >= 15 is 0 Å². The SMILES string of the molecule is C#Cc1csc(-c2cccnc2N)n1. The van der Waals surface area contributed by atoms with Gasteiger partial charge in [-0.05, 0) is 18.1 Å². The molecular formula is C10H7N3S. The van der Waals surface area contributed by atoms with Crippen LogP contribution < -0.4 is 5.73 Å². The first-order valence-electron chi connectivity index (χ1n) is 3.94. The van der Waals surface area contributed by atoms with Crippen molar-refractivity contribution in [2.24, 2.45) is 0 Å². The van der Waals surface area contributed by atoms with Crippen LogP contribution in [0.15, 0.2) is 23.7 Å². The summed E-state index contributed by atoms with van der Waals surface area (Å²) < 4.78 is 0. The summed E-state index contributed by atoms with van der Waals surface area (Å²) >= 11 is 1.47. The van der Waals surface area contributed by atoms with Gasteiger partial charge in [-0.15, -0.1) is 17.8 Å². The van der Waals surface area contributed by atoms with Gasteiger partial charge in [-0.3, -0.25) is 0 Å². The van der Waals surface area contributed by atoms with Crippen molar-refractivity contribution in [1.82, 2.24) is 9.97 Å². The highest BCUT2D eigenvalue weighted by molar-refractivity contribution is 7.13. The number of thiazole rings is 1. The Bertz CT molecular complexity index is 496. The average Bonchev–Trinajstić information content (AvgIpc) is 2.67. The molecule has 0 aromatic carbocycles. The van der Waals surface area contributed by atoms with Crippen LogP contribution in [0.5, 0.6) is 0 Å². The normalized spacial score (nSPS) is 9.64. The van der Waals surface area contributed by atoms with Crippen LogP contribution in [0.25, 0.3) is 10.6 Å². The predicted octanol–water partition coefficient (Wildman–Crippen LogP) is 1.77. The molecule has 68 valence electrons. The summed E-state index contributed by atoms with van der Waals surface area (Å²) in [6, 6.07) is 3.70. The van der Waals surface area contributed by atoms with Crippen LogP contribution in [0, 0.1) is 12.3 Å². The largest absolute Gasteiger partial charge is 0.383 e. The number of hydrogen-bond donors (Lipinski definition) is 1. The molecule has 0 aliphatic carbocycles. The van der Waals surface area contributed by atoms with E-state index in [-0.39, 0.29) is 0 Å². The van der Waals surface area contributed by atoms with Gasteiger partial charge in [0, 0.05) is 11.6 Å². The van der Waals surface area contributed by atoms with E-state index in [1.165, 1.54) is 11.3 Å². The molecular weight excluding hydrogens is 194 g/mol. The van der Waals surface area contributed by atoms with Gasteiger partial charge < -0.3 is 5.73 Å². The van der Waals surface area contributed by atoms with Crippen molar-refractivity contribution < 1.29 is 0 Å². The van der Waals surface area contributed by atoms with Crippen LogP contribution in [0.2, 0.25) is 0 Å². The number of hydrogen-bond acceptors (Lipinski definition) is 4. The molecule has 2 N–H and O–H groups in total. The van der Waals surface area contributed by atoms with Gasteiger partial charge in [0.25, 0.3) is 0 Å². The lowest BCUT2D eigenvalue weighted by molar-refractivity contribution is 1.31. The maximum atomic E-state index is 5.71. The molecule has 0 atom stereocenters. The molecule has 2 heterocycles. The van der Waals surface area contributed by atoms with Crippen LogP contribution >= 0.6 is 11.3 Å². The highest BCUT2D eigenvalue weighted by atomic mass is 32.1. The van der Waals surface area contributed by atoms with E-state index in [9.17, 15) is 0 Å². The topological polar surface area (TPSA) is 51.8 Å². The van der Waals surface area contributed by atoms with Crippen molar-refractivity contribution in [2.75, 3.05) is 5.73 Å². The lowest BCUT2D eigenvalue weighted by Crippen LogP contribution is -1.92. The Labute approximate surface area is 85.6 Å². The summed E-state index contributed by atoms with van der Waals surface area (Å²) in [5.41, 5.74) is 7.17. The van der Waals surface area contributed by atoms with Gasteiger partial charge in [-0.1, -0.05) is 0 Å². The summed E-state index contributed by atoms with van der Waals surface area (Å²) in [6.45, 7) is 0. The van der Waals surface area contributed by atoms with Crippen molar-refractivity contribution in [1.29, 1.82) is 0 Å². The zero-order chi connectivity index (χ0) is 9.97. The zero-order valence-corrected chi connectivity index (χ0v) is 8.08. The van der Waals surface area contributed by atoms with Crippen molar-refractivity contribution in [3.05, 3.63) is 29.4 Å². The third kappa shape index (κ3) is 1.45. The molecule has 2 aromatic heterocycles. The molecule has 0 unspecified atom stereocenters. The smallest absolute Gasteiger partial charge is 0.133 e. The summed E-state index contributed by atoms with van der Waals surface area (Å²) in [5, 5.41) is 2.63. The third-order valence-corrected chi connectivity index (χ3v) is 2.60. The van der Waals surface area contributed by atoms with Gasteiger partial charge in [0.05, 0.1) is 5.56 Å². The molecule has 0 bridgehead atoms. The Morgan fingerprint density at radius 1 is 1.50 bits per heavy atom. The Morgan fingerprint density at radius 3 is 3.00 bits per heavy atom. The van der Waals surface area contributed by atoms with Crippen LogP contribution in [0.4, 0.5) is 5.82 Å². The molecule has 0 saturated carbocycles. The van der Waals surface area contributed by atoms with Gasteiger partial charge in [-0.2, -0.15) is 0 Å². The minimum absolute atomic E-state index is 0.477. The minimum Gasteiger partial charge on any atom is -0.383 e. The molecule has 0 radical (unpaired) electrons. The average molecular weight is 201 g/mol. The van der Waals surface area contributed by atoms with Crippen molar-refractivity contribution >= 4 is 17.2 Å². The summed E-state index contributed by atoms with van der Waals surface area (Å²) in [5.74, 6) is 2.95. The standard InChI is InChI=1S/C10H7N3S/c1-2-7-6-14-10(13-7)8-4-3-5-12-9(8)11/h1,3-6H,(H2,11,12). The van der Waals surface area contributed by atoms with Crippen LogP contribution in [-0.2, 0) is 0 Å². The fourth-order valence-electron chi connectivity index (χ4n) is 1.06. The summed E-state index contributed by atoms with van der Waals surface area (Å²) in [4.78, 5) is 8.21. The molecule has 14 heavy (non-hydrogen) atoms. The number of pyridine rings is 1. The van der Waals surface area contributed by atoms with E-state index < -0.39 is 0 Å². The predicted molar refractivity (Wildman–Crippen MR) is 57.7 cm³/mol. The van der Waals surface area contributed by atoms with Crippen molar-refractivity contribution in [3.63, 3.8) is 0 Å². The van der Waals surface area contributed by atoms with Gasteiger partial charge >= 0.3 is 0 Å². The highest BCUT2D eigenvalue weighted by Gasteiger charge is 2.06. The molecule has 0 aliphatic rings. The number of nitrogens with two attached hydrogens (primary N) is 1. The van der Waals surface area contributed by atoms with Crippen LogP contribution in [-0.4, -0.2) is 9.97 Å². The van der Waals surface area contributed by atoms with Gasteiger partial charge in [0.1, 0.15) is 16.5 Å².